The lowest BCUT2D eigenvalue weighted by Gasteiger charge is -2.17. The minimum atomic E-state index is -0.386. The Bertz CT molecular complexity index is 485. The van der Waals surface area contributed by atoms with E-state index in [0.29, 0.717) is 6.42 Å². The van der Waals surface area contributed by atoms with Crippen LogP contribution in [0.5, 0.6) is 0 Å². The summed E-state index contributed by atoms with van der Waals surface area (Å²) in [6, 6.07) is 0. The number of nitrogens with zero attached hydrogens (tertiary/aromatic N) is 1. The van der Waals surface area contributed by atoms with Crippen LogP contribution in [0.3, 0.4) is 0 Å². The number of ether oxygens (including phenoxy) is 2. The third-order valence-electron chi connectivity index (χ3n) is 4.56. The highest BCUT2D eigenvalue weighted by molar-refractivity contribution is 6.06. The molecule has 3 heterocycles. The number of likely N-dealkylation sites (tertiary alicyclic amines) is 1. The zero-order valence-corrected chi connectivity index (χ0v) is 12.7. The van der Waals surface area contributed by atoms with Gasteiger partial charge < -0.3 is 9.47 Å². The van der Waals surface area contributed by atoms with Crippen molar-refractivity contribution in [3.05, 3.63) is 12.2 Å². The summed E-state index contributed by atoms with van der Waals surface area (Å²) in [4.78, 5) is 37.4. The van der Waals surface area contributed by atoms with Crippen molar-refractivity contribution in [2.24, 2.45) is 11.8 Å². The van der Waals surface area contributed by atoms with E-state index in [1.54, 1.807) is 0 Å². The summed E-state index contributed by atoms with van der Waals surface area (Å²) in [5.41, 5.74) is 0. The third kappa shape index (κ3) is 2.56. The maximum Gasteiger partial charge on any atom is 0.305 e. The predicted molar refractivity (Wildman–Crippen MR) is 76.6 cm³/mol. The van der Waals surface area contributed by atoms with Crippen LogP contribution in [0.25, 0.3) is 0 Å². The third-order valence-corrected chi connectivity index (χ3v) is 4.56. The zero-order chi connectivity index (χ0) is 15.7. The lowest BCUT2D eigenvalue weighted by atomic mass is 9.85. The van der Waals surface area contributed by atoms with Crippen molar-refractivity contribution < 1.29 is 23.9 Å². The summed E-state index contributed by atoms with van der Waals surface area (Å²) in [6.45, 7) is 2.29. The average molecular weight is 307 g/mol. The summed E-state index contributed by atoms with van der Waals surface area (Å²) in [7, 11) is 0. The Labute approximate surface area is 129 Å². The number of carbonyl (C=O) groups excluding carboxylic acids is 3. The second kappa shape index (κ2) is 6.20. The van der Waals surface area contributed by atoms with Crippen molar-refractivity contribution in [3.63, 3.8) is 0 Å². The van der Waals surface area contributed by atoms with E-state index in [1.807, 2.05) is 12.2 Å². The van der Waals surface area contributed by atoms with Crippen LogP contribution < -0.4 is 0 Å². The van der Waals surface area contributed by atoms with Gasteiger partial charge in [0.15, 0.2) is 0 Å². The average Bonchev–Trinajstić information content (AvgIpc) is 3.16. The largest absolute Gasteiger partial charge is 0.464 e. The van der Waals surface area contributed by atoms with Crippen LogP contribution in [0.4, 0.5) is 0 Å². The maximum absolute atomic E-state index is 12.3. The van der Waals surface area contributed by atoms with E-state index in [0.717, 1.165) is 19.3 Å². The Hall–Kier alpha value is -1.69. The molecule has 6 heteroatoms. The molecule has 4 unspecified atom stereocenters. The minimum Gasteiger partial charge on any atom is -0.464 e. The molecular formula is C16H21NO5. The maximum atomic E-state index is 12.3. The highest BCUT2D eigenvalue weighted by Crippen LogP contribution is 2.44. The first-order valence-corrected chi connectivity index (χ1v) is 7.98. The van der Waals surface area contributed by atoms with Gasteiger partial charge in [-0.3, -0.25) is 19.3 Å². The molecule has 0 saturated carbocycles. The number of esters is 1. The van der Waals surface area contributed by atoms with Gasteiger partial charge in [0.05, 0.1) is 30.6 Å². The van der Waals surface area contributed by atoms with Crippen LogP contribution in [-0.2, 0) is 23.9 Å². The second-order valence-corrected chi connectivity index (χ2v) is 6.01. The lowest BCUT2D eigenvalue weighted by molar-refractivity contribution is -0.149. The molecule has 6 nitrogen and oxygen atoms in total. The van der Waals surface area contributed by atoms with Crippen LogP contribution in [0.1, 0.15) is 32.6 Å². The van der Waals surface area contributed by atoms with Crippen LogP contribution in [0, 0.1) is 11.8 Å². The molecule has 0 aromatic heterocycles. The summed E-state index contributed by atoms with van der Waals surface area (Å²) in [5.74, 6) is -1.44. The molecule has 2 saturated heterocycles. The van der Waals surface area contributed by atoms with Crippen molar-refractivity contribution in [1.82, 2.24) is 4.90 Å². The molecule has 0 N–H and O–H groups in total. The summed E-state index contributed by atoms with van der Waals surface area (Å²) < 4.78 is 10.7. The van der Waals surface area contributed by atoms with E-state index in [-0.39, 0.29) is 55.0 Å². The molecule has 3 aliphatic heterocycles. The Morgan fingerprint density at radius 2 is 1.82 bits per heavy atom. The molecule has 2 amide bonds. The molecule has 4 atom stereocenters. The number of hydrogen-bond acceptors (Lipinski definition) is 5. The van der Waals surface area contributed by atoms with Gasteiger partial charge >= 0.3 is 5.97 Å². The summed E-state index contributed by atoms with van der Waals surface area (Å²) in [6.07, 6.45) is 6.42. The van der Waals surface area contributed by atoms with E-state index < -0.39 is 0 Å². The van der Waals surface area contributed by atoms with E-state index in [9.17, 15) is 14.4 Å². The van der Waals surface area contributed by atoms with Crippen molar-refractivity contribution in [1.29, 1.82) is 0 Å². The van der Waals surface area contributed by atoms with Gasteiger partial charge in [0.1, 0.15) is 6.61 Å². The fourth-order valence-corrected chi connectivity index (χ4v) is 3.43. The highest BCUT2D eigenvalue weighted by Gasteiger charge is 2.60. The van der Waals surface area contributed by atoms with Gasteiger partial charge in [-0.25, -0.2) is 0 Å². The Morgan fingerprint density at radius 3 is 2.41 bits per heavy atom. The Balaban J connectivity index is 1.47. The highest BCUT2D eigenvalue weighted by atomic mass is 16.5. The molecule has 120 valence electrons. The molecule has 3 aliphatic rings. The topological polar surface area (TPSA) is 72.9 Å². The fraction of sp³-hybridized carbons (Fsp3) is 0.688. The van der Waals surface area contributed by atoms with Crippen LogP contribution in [0.15, 0.2) is 12.2 Å². The van der Waals surface area contributed by atoms with Crippen molar-refractivity contribution >= 4 is 17.8 Å². The summed E-state index contributed by atoms with van der Waals surface area (Å²) in [5, 5.41) is 0. The van der Waals surface area contributed by atoms with Gasteiger partial charge in [0, 0.05) is 6.42 Å². The van der Waals surface area contributed by atoms with E-state index in [2.05, 4.69) is 6.92 Å². The molecule has 2 fully saturated rings. The quantitative estimate of drug-likeness (QED) is 0.304. The predicted octanol–water partition coefficient (Wildman–Crippen LogP) is 1.05. The van der Waals surface area contributed by atoms with Gasteiger partial charge in [-0.2, -0.15) is 0 Å². The Kier molecular flexibility index (Phi) is 4.29. The number of hydrogen-bond donors (Lipinski definition) is 0. The standard InChI is InChI=1S/C16H21NO5/c1-2-3-4-5-12(18)21-9-8-17-15(19)13-10-6-7-11(22-10)14(13)16(17)20/h6-7,10-11,13-14H,2-5,8-9H2,1H3. The first-order chi connectivity index (χ1) is 10.6. The van der Waals surface area contributed by atoms with Crippen LogP contribution >= 0.6 is 0 Å². The molecule has 22 heavy (non-hydrogen) atoms. The molecule has 2 bridgehead atoms. The van der Waals surface area contributed by atoms with Gasteiger partial charge in [0.25, 0.3) is 0 Å². The molecule has 0 radical (unpaired) electrons. The van der Waals surface area contributed by atoms with Gasteiger partial charge in [0.2, 0.25) is 11.8 Å². The van der Waals surface area contributed by atoms with Gasteiger partial charge in [-0.15, -0.1) is 0 Å². The monoisotopic (exact) mass is 307 g/mol. The molecular weight excluding hydrogens is 286 g/mol. The number of carbonyl (C=O) groups is 3. The molecule has 0 aliphatic carbocycles. The first kappa shape index (κ1) is 15.2. The number of fused-ring (bicyclic) bond motifs is 5. The van der Waals surface area contributed by atoms with Gasteiger partial charge in [-0.1, -0.05) is 31.9 Å². The number of imide groups is 1. The van der Waals surface area contributed by atoms with E-state index in [1.165, 1.54) is 4.90 Å². The smallest absolute Gasteiger partial charge is 0.305 e. The SMILES string of the molecule is CCCCCC(=O)OCCN1C(=O)C2C3C=CC(O3)C2C1=O. The van der Waals surface area contributed by atoms with E-state index >= 15 is 0 Å². The number of unbranched alkanes of at least 4 members (excludes halogenated alkanes) is 2. The molecule has 3 rings (SSSR count). The van der Waals surface area contributed by atoms with Crippen LogP contribution in [-0.4, -0.2) is 48.0 Å². The second-order valence-electron chi connectivity index (χ2n) is 6.01. The van der Waals surface area contributed by atoms with E-state index in [4.69, 9.17) is 9.47 Å². The fourth-order valence-electron chi connectivity index (χ4n) is 3.43. The summed E-state index contributed by atoms with van der Waals surface area (Å²) >= 11 is 0. The van der Waals surface area contributed by atoms with Crippen LogP contribution in [0.2, 0.25) is 0 Å². The van der Waals surface area contributed by atoms with Crippen molar-refractivity contribution in [2.75, 3.05) is 13.2 Å². The van der Waals surface area contributed by atoms with Gasteiger partial charge in [-0.05, 0) is 6.42 Å². The zero-order valence-electron chi connectivity index (χ0n) is 12.7. The molecule has 0 spiro atoms. The normalized spacial score (nSPS) is 32.0. The number of rotatable bonds is 7. The lowest BCUT2D eigenvalue weighted by Crippen LogP contribution is -2.37. The van der Waals surface area contributed by atoms with Crippen molar-refractivity contribution in [2.45, 2.75) is 44.8 Å². The first-order valence-electron chi connectivity index (χ1n) is 7.98. The molecule has 0 aromatic carbocycles. The number of amides is 2. The molecule has 0 aromatic rings. The van der Waals surface area contributed by atoms with Crippen molar-refractivity contribution in [3.8, 4) is 0 Å². The Morgan fingerprint density at radius 1 is 1.18 bits per heavy atom. The minimum absolute atomic E-state index is 0.0749.